The van der Waals surface area contributed by atoms with Crippen molar-refractivity contribution in [1.29, 1.82) is 0 Å². The molecule has 3 aromatic rings. The standard InChI is InChI=1S/C19H20FN5/c1-13-6-5-7-14(2)18(13)24-19-23-17(12-22-25-19)21-11-10-15-8-3-4-9-16(15)20/h3-9,12H,10-11H2,1-2H3,(H2,21,23,24,25). The van der Waals surface area contributed by atoms with Crippen LogP contribution in [-0.2, 0) is 6.42 Å². The zero-order valence-corrected chi connectivity index (χ0v) is 14.3. The van der Waals surface area contributed by atoms with Crippen molar-refractivity contribution in [2.45, 2.75) is 20.3 Å². The van der Waals surface area contributed by atoms with Gasteiger partial charge in [0.2, 0.25) is 5.95 Å². The van der Waals surface area contributed by atoms with Gasteiger partial charge in [0.25, 0.3) is 0 Å². The van der Waals surface area contributed by atoms with Crippen molar-refractivity contribution in [2.24, 2.45) is 0 Å². The van der Waals surface area contributed by atoms with Crippen LogP contribution >= 0.6 is 0 Å². The Morgan fingerprint density at radius 1 is 1.00 bits per heavy atom. The number of benzene rings is 2. The van der Waals surface area contributed by atoms with E-state index in [1.807, 2.05) is 38.1 Å². The van der Waals surface area contributed by atoms with Crippen molar-refractivity contribution < 1.29 is 4.39 Å². The van der Waals surface area contributed by atoms with Crippen LogP contribution in [-0.4, -0.2) is 21.7 Å². The Morgan fingerprint density at radius 2 is 1.76 bits per heavy atom. The lowest BCUT2D eigenvalue weighted by Crippen LogP contribution is -2.10. The predicted molar refractivity (Wildman–Crippen MR) is 97.6 cm³/mol. The Labute approximate surface area is 146 Å². The highest BCUT2D eigenvalue weighted by Crippen LogP contribution is 2.22. The number of rotatable bonds is 6. The van der Waals surface area contributed by atoms with Crippen LogP contribution in [0.1, 0.15) is 16.7 Å². The maximum atomic E-state index is 13.6. The van der Waals surface area contributed by atoms with E-state index in [1.54, 1.807) is 18.3 Å². The van der Waals surface area contributed by atoms with E-state index in [0.29, 0.717) is 30.3 Å². The summed E-state index contributed by atoms with van der Waals surface area (Å²) in [5.74, 6) is 0.830. The van der Waals surface area contributed by atoms with Crippen LogP contribution in [0.15, 0.2) is 48.7 Å². The molecule has 2 N–H and O–H groups in total. The van der Waals surface area contributed by atoms with Gasteiger partial charge in [-0.3, -0.25) is 0 Å². The third kappa shape index (κ3) is 4.29. The predicted octanol–water partition coefficient (Wildman–Crippen LogP) is 4.03. The molecule has 0 atom stereocenters. The topological polar surface area (TPSA) is 62.7 Å². The van der Waals surface area contributed by atoms with Crippen molar-refractivity contribution in [3.05, 3.63) is 71.2 Å². The van der Waals surface area contributed by atoms with E-state index < -0.39 is 0 Å². The fraction of sp³-hybridized carbons (Fsp3) is 0.211. The molecule has 0 aliphatic rings. The average molecular weight is 337 g/mol. The van der Waals surface area contributed by atoms with Crippen molar-refractivity contribution in [3.8, 4) is 0 Å². The molecule has 5 nitrogen and oxygen atoms in total. The molecule has 0 unspecified atom stereocenters. The minimum Gasteiger partial charge on any atom is -0.368 e. The monoisotopic (exact) mass is 337 g/mol. The molecule has 0 radical (unpaired) electrons. The van der Waals surface area contributed by atoms with Gasteiger partial charge < -0.3 is 10.6 Å². The Bertz CT molecular complexity index is 846. The molecule has 0 saturated carbocycles. The number of halogens is 1. The Kier molecular flexibility index (Phi) is 5.18. The maximum Gasteiger partial charge on any atom is 0.249 e. The van der Waals surface area contributed by atoms with E-state index in [9.17, 15) is 4.39 Å². The molecule has 25 heavy (non-hydrogen) atoms. The van der Waals surface area contributed by atoms with Crippen LogP contribution in [0.5, 0.6) is 0 Å². The van der Waals surface area contributed by atoms with Gasteiger partial charge in [-0.25, -0.2) is 4.39 Å². The lowest BCUT2D eigenvalue weighted by molar-refractivity contribution is 0.610. The zero-order chi connectivity index (χ0) is 17.6. The summed E-state index contributed by atoms with van der Waals surface area (Å²) >= 11 is 0. The Hall–Kier alpha value is -3.02. The number of aryl methyl sites for hydroxylation is 2. The summed E-state index contributed by atoms with van der Waals surface area (Å²) in [4.78, 5) is 4.41. The van der Waals surface area contributed by atoms with E-state index in [0.717, 1.165) is 16.8 Å². The van der Waals surface area contributed by atoms with Crippen molar-refractivity contribution in [2.75, 3.05) is 17.2 Å². The highest BCUT2D eigenvalue weighted by molar-refractivity contribution is 5.63. The van der Waals surface area contributed by atoms with Gasteiger partial charge in [0.15, 0.2) is 5.82 Å². The van der Waals surface area contributed by atoms with E-state index in [1.165, 1.54) is 6.07 Å². The summed E-state index contributed by atoms with van der Waals surface area (Å²) in [5.41, 5.74) is 3.88. The van der Waals surface area contributed by atoms with Gasteiger partial charge in [0, 0.05) is 12.2 Å². The quantitative estimate of drug-likeness (QED) is 0.711. The normalized spacial score (nSPS) is 10.5. The summed E-state index contributed by atoms with van der Waals surface area (Å²) in [6, 6.07) is 12.8. The van der Waals surface area contributed by atoms with Crippen molar-refractivity contribution in [3.63, 3.8) is 0 Å². The lowest BCUT2D eigenvalue weighted by Gasteiger charge is -2.12. The molecule has 0 aliphatic carbocycles. The highest BCUT2D eigenvalue weighted by Gasteiger charge is 2.06. The molecule has 0 saturated heterocycles. The van der Waals surface area contributed by atoms with Gasteiger partial charge in [-0.15, -0.1) is 5.10 Å². The number of nitrogens with zero attached hydrogens (tertiary/aromatic N) is 3. The molecule has 0 amide bonds. The second kappa shape index (κ2) is 7.70. The molecule has 0 bridgehead atoms. The summed E-state index contributed by atoms with van der Waals surface area (Å²) in [6.07, 6.45) is 2.12. The lowest BCUT2D eigenvalue weighted by atomic mass is 10.1. The van der Waals surface area contributed by atoms with Gasteiger partial charge >= 0.3 is 0 Å². The van der Waals surface area contributed by atoms with Crippen LogP contribution < -0.4 is 10.6 Å². The van der Waals surface area contributed by atoms with Gasteiger partial charge in [0.1, 0.15) is 5.82 Å². The molecule has 6 heteroatoms. The largest absolute Gasteiger partial charge is 0.368 e. The number of aromatic nitrogens is 3. The van der Waals surface area contributed by atoms with E-state index in [-0.39, 0.29) is 5.82 Å². The SMILES string of the molecule is Cc1cccc(C)c1Nc1nncc(NCCc2ccccc2F)n1. The number of hydrogen-bond acceptors (Lipinski definition) is 5. The Morgan fingerprint density at radius 3 is 2.52 bits per heavy atom. The zero-order valence-electron chi connectivity index (χ0n) is 14.3. The van der Waals surface area contributed by atoms with Gasteiger partial charge in [-0.05, 0) is 43.0 Å². The molecule has 2 aromatic carbocycles. The first-order valence-electron chi connectivity index (χ1n) is 8.14. The first kappa shape index (κ1) is 16.8. The number of nitrogens with one attached hydrogen (secondary N) is 2. The molecular weight excluding hydrogens is 317 g/mol. The molecule has 0 aliphatic heterocycles. The van der Waals surface area contributed by atoms with E-state index in [4.69, 9.17) is 0 Å². The number of hydrogen-bond donors (Lipinski definition) is 2. The number of para-hydroxylation sites is 1. The maximum absolute atomic E-state index is 13.6. The van der Waals surface area contributed by atoms with Crippen LogP contribution in [0, 0.1) is 19.7 Å². The molecule has 1 aromatic heterocycles. The van der Waals surface area contributed by atoms with Crippen molar-refractivity contribution in [1.82, 2.24) is 15.2 Å². The van der Waals surface area contributed by atoms with Gasteiger partial charge in [0.05, 0.1) is 6.20 Å². The van der Waals surface area contributed by atoms with E-state index >= 15 is 0 Å². The molecule has 1 heterocycles. The van der Waals surface area contributed by atoms with Crippen LogP contribution in [0.4, 0.5) is 21.8 Å². The van der Waals surface area contributed by atoms with Gasteiger partial charge in [-0.1, -0.05) is 36.4 Å². The van der Waals surface area contributed by atoms with Crippen LogP contribution in [0.2, 0.25) is 0 Å². The third-order valence-corrected chi connectivity index (χ3v) is 3.94. The minimum atomic E-state index is -0.192. The molecule has 0 spiro atoms. The summed E-state index contributed by atoms with van der Waals surface area (Å²) in [6.45, 7) is 4.61. The molecule has 0 fully saturated rings. The fourth-order valence-electron chi connectivity index (χ4n) is 2.59. The van der Waals surface area contributed by atoms with E-state index in [2.05, 4.69) is 25.8 Å². The summed E-state index contributed by atoms with van der Waals surface area (Å²) < 4.78 is 13.6. The van der Waals surface area contributed by atoms with Gasteiger partial charge in [-0.2, -0.15) is 10.1 Å². The molecule has 3 rings (SSSR count). The van der Waals surface area contributed by atoms with Crippen LogP contribution in [0.25, 0.3) is 0 Å². The fourth-order valence-corrected chi connectivity index (χ4v) is 2.59. The minimum absolute atomic E-state index is 0.192. The van der Waals surface area contributed by atoms with Crippen molar-refractivity contribution >= 4 is 17.5 Å². The average Bonchev–Trinajstić information content (AvgIpc) is 2.60. The first-order chi connectivity index (χ1) is 12.1. The van der Waals surface area contributed by atoms with Crippen LogP contribution in [0.3, 0.4) is 0 Å². The highest BCUT2D eigenvalue weighted by atomic mass is 19.1. The number of anilines is 3. The second-order valence-electron chi connectivity index (χ2n) is 5.83. The smallest absolute Gasteiger partial charge is 0.249 e. The Balaban J connectivity index is 1.65. The first-order valence-corrected chi connectivity index (χ1v) is 8.14. The molecular formula is C19H20FN5. The summed E-state index contributed by atoms with van der Waals surface area (Å²) in [5, 5.41) is 14.4. The summed E-state index contributed by atoms with van der Waals surface area (Å²) in [7, 11) is 0. The molecule has 128 valence electrons. The third-order valence-electron chi connectivity index (χ3n) is 3.94. The second-order valence-corrected chi connectivity index (χ2v) is 5.83.